The third-order valence-corrected chi connectivity index (χ3v) is 4.09. The van der Waals surface area contributed by atoms with Crippen molar-refractivity contribution >= 4 is 10.0 Å². The Labute approximate surface area is 79.9 Å². The lowest BCUT2D eigenvalue weighted by Crippen LogP contribution is -2.38. The molecule has 5 heteroatoms. The number of hydrogen-bond donors (Lipinski definition) is 0. The quantitative estimate of drug-likeness (QED) is 0.672. The molecular weight excluding hydrogens is 190 g/mol. The highest BCUT2D eigenvalue weighted by Gasteiger charge is 2.22. The Morgan fingerprint density at radius 2 is 1.85 bits per heavy atom. The molecule has 0 amide bonds. The molecule has 78 valence electrons. The zero-order chi connectivity index (χ0) is 9.73. The first-order valence-corrected chi connectivity index (χ1v) is 6.24. The molecule has 1 aliphatic rings. The fourth-order valence-corrected chi connectivity index (χ4v) is 2.91. The summed E-state index contributed by atoms with van der Waals surface area (Å²) in [6, 6.07) is 0. The molecule has 0 spiro atoms. The summed E-state index contributed by atoms with van der Waals surface area (Å²) in [4.78, 5) is 0. The Balaban J connectivity index is 2.47. The highest BCUT2D eigenvalue weighted by Crippen LogP contribution is 2.13. The Morgan fingerprint density at radius 1 is 1.23 bits per heavy atom. The molecular formula is C8H17NO3S. The van der Waals surface area contributed by atoms with Crippen LogP contribution in [0, 0.1) is 0 Å². The summed E-state index contributed by atoms with van der Waals surface area (Å²) in [5.41, 5.74) is 0. The van der Waals surface area contributed by atoms with Crippen molar-refractivity contribution in [2.45, 2.75) is 19.3 Å². The van der Waals surface area contributed by atoms with Crippen LogP contribution in [0.1, 0.15) is 19.3 Å². The van der Waals surface area contributed by atoms with Crippen molar-refractivity contribution in [1.82, 2.24) is 4.31 Å². The normalized spacial score (nSPS) is 20.4. The first-order valence-electron chi connectivity index (χ1n) is 4.63. The standard InChI is InChI=1S/C8H17NO3S/c1-12-7-8-13(10,11)9-5-3-2-4-6-9/h2-8H2,1H3. The Morgan fingerprint density at radius 3 is 2.38 bits per heavy atom. The summed E-state index contributed by atoms with van der Waals surface area (Å²) < 4.78 is 29.5. The van der Waals surface area contributed by atoms with Gasteiger partial charge in [0.2, 0.25) is 10.0 Å². The van der Waals surface area contributed by atoms with Crippen LogP contribution in [0.15, 0.2) is 0 Å². The number of nitrogens with zero attached hydrogens (tertiary/aromatic N) is 1. The van der Waals surface area contributed by atoms with Crippen molar-refractivity contribution in [1.29, 1.82) is 0 Å². The van der Waals surface area contributed by atoms with Crippen LogP contribution in [0.4, 0.5) is 0 Å². The molecule has 0 aromatic rings. The molecule has 1 aliphatic heterocycles. The molecule has 1 rings (SSSR count). The largest absolute Gasteiger partial charge is 0.384 e. The van der Waals surface area contributed by atoms with Crippen LogP contribution < -0.4 is 0 Å². The molecule has 1 fully saturated rings. The van der Waals surface area contributed by atoms with Crippen LogP contribution in [-0.2, 0) is 14.8 Å². The molecule has 0 saturated carbocycles. The molecule has 4 nitrogen and oxygen atoms in total. The van der Waals surface area contributed by atoms with E-state index in [0.717, 1.165) is 19.3 Å². The molecule has 0 atom stereocenters. The lowest BCUT2D eigenvalue weighted by atomic mass is 10.2. The summed E-state index contributed by atoms with van der Waals surface area (Å²) >= 11 is 0. The van der Waals surface area contributed by atoms with E-state index in [-0.39, 0.29) is 5.75 Å². The number of piperidine rings is 1. The SMILES string of the molecule is COCCS(=O)(=O)N1CCCCC1. The van der Waals surface area contributed by atoms with Crippen LogP contribution in [0.5, 0.6) is 0 Å². The van der Waals surface area contributed by atoms with E-state index in [9.17, 15) is 8.42 Å². The first-order chi connectivity index (χ1) is 6.17. The van der Waals surface area contributed by atoms with Crippen molar-refractivity contribution in [2.24, 2.45) is 0 Å². The van der Waals surface area contributed by atoms with Crippen LogP contribution >= 0.6 is 0 Å². The van der Waals surface area contributed by atoms with Gasteiger partial charge in [0, 0.05) is 20.2 Å². The number of ether oxygens (including phenoxy) is 1. The summed E-state index contributed by atoms with van der Waals surface area (Å²) in [6.07, 6.45) is 3.13. The fraction of sp³-hybridized carbons (Fsp3) is 1.00. The van der Waals surface area contributed by atoms with Gasteiger partial charge in [-0.05, 0) is 12.8 Å². The van der Waals surface area contributed by atoms with Crippen molar-refractivity contribution in [2.75, 3.05) is 32.6 Å². The minimum Gasteiger partial charge on any atom is -0.384 e. The second-order valence-electron chi connectivity index (χ2n) is 3.27. The summed E-state index contributed by atoms with van der Waals surface area (Å²) in [5.74, 6) is 0.115. The molecule has 0 radical (unpaired) electrons. The molecule has 1 saturated heterocycles. The second kappa shape index (κ2) is 4.93. The smallest absolute Gasteiger partial charge is 0.216 e. The van der Waals surface area contributed by atoms with Crippen LogP contribution in [0.3, 0.4) is 0 Å². The summed E-state index contributed by atoms with van der Waals surface area (Å²) in [7, 11) is -1.52. The Hall–Kier alpha value is -0.130. The van der Waals surface area contributed by atoms with Gasteiger partial charge in [0.05, 0.1) is 12.4 Å². The van der Waals surface area contributed by atoms with Gasteiger partial charge in [-0.15, -0.1) is 0 Å². The van der Waals surface area contributed by atoms with Gasteiger partial charge in [0.25, 0.3) is 0 Å². The fourth-order valence-electron chi connectivity index (χ4n) is 1.46. The lowest BCUT2D eigenvalue weighted by molar-refractivity contribution is 0.214. The van der Waals surface area contributed by atoms with E-state index in [1.807, 2.05) is 0 Å². The molecule has 1 heterocycles. The third-order valence-electron chi connectivity index (χ3n) is 2.25. The van der Waals surface area contributed by atoms with Gasteiger partial charge < -0.3 is 4.74 Å². The highest BCUT2D eigenvalue weighted by atomic mass is 32.2. The predicted octanol–water partition coefficient (Wildman–Crippen LogP) is 0.448. The average molecular weight is 207 g/mol. The third kappa shape index (κ3) is 3.25. The van der Waals surface area contributed by atoms with Gasteiger partial charge in [-0.2, -0.15) is 0 Å². The van der Waals surface area contributed by atoms with Gasteiger partial charge in [0.15, 0.2) is 0 Å². The molecule has 0 aliphatic carbocycles. The maximum absolute atomic E-state index is 11.6. The van der Waals surface area contributed by atoms with Gasteiger partial charge in [-0.1, -0.05) is 6.42 Å². The van der Waals surface area contributed by atoms with Crippen molar-refractivity contribution in [3.63, 3.8) is 0 Å². The number of rotatable bonds is 4. The van der Waals surface area contributed by atoms with Gasteiger partial charge in [0.1, 0.15) is 0 Å². The van der Waals surface area contributed by atoms with Gasteiger partial charge in [-0.3, -0.25) is 0 Å². The Kier molecular flexibility index (Phi) is 4.15. The van der Waals surface area contributed by atoms with Crippen LogP contribution in [-0.4, -0.2) is 45.3 Å². The van der Waals surface area contributed by atoms with E-state index in [0.29, 0.717) is 19.7 Å². The van der Waals surface area contributed by atoms with Crippen LogP contribution in [0.25, 0.3) is 0 Å². The maximum Gasteiger partial charge on any atom is 0.216 e. The second-order valence-corrected chi connectivity index (χ2v) is 5.36. The highest BCUT2D eigenvalue weighted by molar-refractivity contribution is 7.89. The number of methoxy groups -OCH3 is 1. The van der Waals surface area contributed by atoms with E-state index in [1.54, 1.807) is 4.31 Å². The Bertz CT molecular complexity index is 232. The van der Waals surface area contributed by atoms with Gasteiger partial charge >= 0.3 is 0 Å². The van der Waals surface area contributed by atoms with E-state index in [2.05, 4.69) is 0 Å². The van der Waals surface area contributed by atoms with E-state index in [1.165, 1.54) is 7.11 Å². The summed E-state index contributed by atoms with van der Waals surface area (Å²) in [5, 5.41) is 0. The van der Waals surface area contributed by atoms with Gasteiger partial charge in [-0.25, -0.2) is 12.7 Å². The molecule has 0 unspecified atom stereocenters. The van der Waals surface area contributed by atoms with Crippen molar-refractivity contribution in [3.05, 3.63) is 0 Å². The van der Waals surface area contributed by atoms with Crippen LogP contribution in [0.2, 0.25) is 0 Å². The first kappa shape index (κ1) is 10.9. The molecule has 0 aromatic carbocycles. The number of hydrogen-bond acceptors (Lipinski definition) is 3. The molecule has 0 bridgehead atoms. The summed E-state index contributed by atoms with van der Waals surface area (Å²) in [6.45, 7) is 1.66. The minimum absolute atomic E-state index is 0.115. The molecule has 0 aromatic heterocycles. The average Bonchev–Trinajstić information content (AvgIpc) is 2.16. The topological polar surface area (TPSA) is 46.6 Å². The predicted molar refractivity (Wildman–Crippen MR) is 51.1 cm³/mol. The lowest BCUT2D eigenvalue weighted by Gasteiger charge is -2.25. The number of sulfonamides is 1. The maximum atomic E-state index is 11.6. The van der Waals surface area contributed by atoms with E-state index < -0.39 is 10.0 Å². The van der Waals surface area contributed by atoms with Crippen molar-refractivity contribution in [3.8, 4) is 0 Å². The monoisotopic (exact) mass is 207 g/mol. The zero-order valence-electron chi connectivity index (χ0n) is 8.03. The van der Waals surface area contributed by atoms with E-state index >= 15 is 0 Å². The van der Waals surface area contributed by atoms with E-state index in [4.69, 9.17) is 4.74 Å². The molecule has 0 N–H and O–H groups in total. The van der Waals surface area contributed by atoms with Crippen molar-refractivity contribution < 1.29 is 13.2 Å². The zero-order valence-corrected chi connectivity index (χ0v) is 8.85. The minimum atomic E-state index is -3.04. The molecule has 13 heavy (non-hydrogen) atoms.